The van der Waals surface area contributed by atoms with E-state index in [0.29, 0.717) is 19.3 Å². The molecule has 0 fully saturated rings. The number of rotatable bonds is 37. The lowest BCUT2D eigenvalue weighted by atomic mass is 10.0. The van der Waals surface area contributed by atoms with Gasteiger partial charge >= 0.3 is 25.7 Å². The Morgan fingerprint density at radius 2 is 1.13 bits per heavy atom. The summed E-state index contributed by atoms with van der Waals surface area (Å²) in [5.74, 6) is -2.48. The SMILES string of the molecule is CCCCCCCCCCCCCCC(=O)O[C@H](COC(=O)CCC/C=C\C/C=C\C/C=C\C/C=C\CC[C@@H](O)CC)COP(=O)(O)OC[C@H](N)C(=O)O. The number of phosphoric acid groups is 1. The Balaban J connectivity index is 4.50. The van der Waals surface area contributed by atoms with Gasteiger partial charge in [-0.25, -0.2) is 4.57 Å². The van der Waals surface area contributed by atoms with Crippen molar-refractivity contribution in [3.05, 3.63) is 48.6 Å². The van der Waals surface area contributed by atoms with E-state index in [1.807, 2.05) is 19.1 Å². The summed E-state index contributed by atoms with van der Waals surface area (Å²) in [5, 5.41) is 18.4. The molecular weight excluding hydrogens is 713 g/mol. The highest BCUT2D eigenvalue weighted by atomic mass is 31.2. The Labute approximate surface area is 325 Å². The third-order valence-electron chi connectivity index (χ3n) is 8.49. The number of nitrogens with two attached hydrogens (primary N) is 1. The van der Waals surface area contributed by atoms with Gasteiger partial charge in [-0.3, -0.25) is 23.4 Å². The van der Waals surface area contributed by atoms with Crippen molar-refractivity contribution in [3.63, 3.8) is 0 Å². The van der Waals surface area contributed by atoms with Crippen LogP contribution in [0, 0.1) is 0 Å². The number of allylic oxidation sites excluding steroid dienone is 8. The number of carbonyl (C=O) groups excluding carboxylic acids is 2. The molecular formula is C41H72NO11P. The maximum Gasteiger partial charge on any atom is 0.472 e. The number of aliphatic carboxylic acids is 1. The molecule has 0 aromatic rings. The second-order valence-electron chi connectivity index (χ2n) is 13.6. The van der Waals surface area contributed by atoms with Crippen molar-refractivity contribution in [2.45, 2.75) is 173 Å². The van der Waals surface area contributed by atoms with Gasteiger partial charge in [0.25, 0.3) is 0 Å². The second kappa shape index (κ2) is 36.1. The Kier molecular flexibility index (Phi) is 34.3. The van der Waals surface area contributed by atoms with Crippen LogP contribution in [0.3, 0.4) is 0 Å². The van der Waals surface area contributed by atoms with E-state index in [9.17, 15) is 28.9 Å². The molecule has 0 spiro atoms. The van der Waals surface area contributed by atoms with Crippen LogP contribution in [0.4, 0.5) is 0 Å². The van der Waals surface area contributed by atoms with Crippen molar-refractivity contribution < 1.29 is 52.6 Å². The van der Waals surface area contributed by atoms with E-state index in [1.54, 1.807) is 0 Å². The normalized spacial score (nSPS) is 14.9. The summed E-state index contributed by atoms with van der Waals surface area (Å²) in [6, 6.07) is -1.53. The Bertz CT molecular complexity index is 1120. The van der Waals surface area contributed by atoms with Crippen molar-refractivity contribution in [2.24, 2.45) is 5.73 Å². The van der Waals surface area contributed by atoms with Gasteiger partial charge in [0, 0.05) is 12.8 Å². The number of unbranched alkanes of at least 4 members (excludes halogenated alkanes) is 12. The van der Waals surface area contributed by atoms with Crippen molar-refractivity contribution in [1.82, 2.24) is 0 Å². The summed E-state index contributed by atoms with van der Waals surface area (Å²) in [4.78, 5) is 45.8. The number of esters is 2. The molecule has 1 unspecified atom stereocenters. The van der Waals surface area contributed by atoms with Gasteiger partial charge in [0.15, 0.2) is 6.10 Å². The fraction of sp³-hybridized carbons (Fsp3) is 0.732. The summed E-state index contributed by atoms with van der Waals surface area (Å²) in [6.45, 7) is 2.44. The number of hydrogen-bond donors (Lipinski definition) is 4. The van der Waals surface area contributed by atoms with Crippen LogP contribution < -0.4 is 5.73 Å². The molecule has 0 heterocycles. The lowest BCUT2D eigenvalue weighted by Gasteiger charge is -2.20. The van der Waals surface area contributed by atoms with E-state index in [-0.39, 0.29) is 25.6 Å². The first-order valence-electron chi connectivity index (χ1n) is 20.2. The maximum atomic E-state index is 12.6. The lowest BCUT2D eigenvalue weighted by molar-refractivity contribution is -0.161. The third kappa shape index (κ3) is 35.1. The molecule has 0 saturated heterocycles. The van der Waals surface area contributed by atoms with Crippen molar-refractivity contribution in [3.8, 4) is 0 Å². The number of aliphatic hydroxyl groups is 1. The first-order chi connectivity index (χ1) is 26.0. The lowest BCUT2D eigenvalue weighted by Crippen LogP contribution is -2.34. The molecule has 0 amide bonds. The maximum absolute atomic E-state index is 12.6. The van der Waals surface area contributed by atoms with Gasteiger partial charge in [0.05, 0.1) is 19.3 Å². The molecule has 5 N–H and O–H groups in total. The summed E-state index contributed by atoms with van der Waals surface area (Å²) in [5.41, 5.74) is 5.31. The fourth-order valence-electron chi connectivity index (χ4n) is 5.10. The average molecular weight is 786 g/mol. The third-order valence-corrected chi connectivity index (χ3v) is 9.44. The minimum atomic E-state index is -4.73. The molecule has 0 aliphatic rings. The smallest absolute Gasteiger partial charge is 0.472 e. The summed E-state index contributed by atoms with van der Waals surface area (Å²) in [7, 11) is -4.73. The minimum Gasteiger partial charge on any atom is -0.480 e. The first kappa shape index (κ1) is 51.4. The molecule has 0 aromatic carbocycles. The quantitative estimate of drug-likeness (QED) is 0.0202. The van der Waals surface area contributed by atoms with Crippen molar-refractivity contribution in [2.75, 3.05) is 19.8 Å². The predicted molar refractivity (Wildman–Crippen MR) is 214 cm³/mol. The first-order valence-corrected chi connectivity index (χ1v) is 21.7. The van der Waals surface area contributed by atoms with Crippen LogP contribution in [0.15, 0.2) is 48.6 Å². The molecule has 0 radical (unpaired) electrons. The molecule has 0 rings (SSSR count). The van der Waals surface area contributed by atoms with Gasteiger partial charge in [0.1, 0.15) is 12.6 Å². The molecule has 13 heteroatoms. The van der Waals surface area contributed by atoms with E-state index >= 15 is 0 Å². The minimum absolute atomic E-state index is 0.133. The van der Waals surface area contributed by atoms with Gasteiger partial charge in [-0.05, 0) is 57.8 Å². The predicted octanol–water partition coefficient (Wildman–Crippen LogP) is 9.19. The summed E-state index contributed by atoms with van der Waals surface area (Å²) < 4.78 is 32.5. The fourth-order valence-corrected chi connectivity index (χ4v) is 5.87. The van der Waals surface area contributed by atoms with Gasteiger partial charge in [-0.15, -0.1) is 0 Å². The van der Waals surface area contributed by atoms with E-state index in [1.165, 1.54) is 51.4 Å². The Hall–Kier alpha value is -2.60. The monoisotopic (exact) mass is 785 g/mol. The zero-order valence-electron chi connectivity index (χ0n) is 33.2. The molecule has 0 aromatic heterocycles. The zero-order valence-corrected chi connectivity index (χ0v) is 34.1. The van der Waals surface area contributed by atoms with E-state index in [4.69, 9.17) is 24.8 Å². The van der Waals surface area contributed by atoms with Gasteiger partial charge < -0.3 is 30.3 Å². The van der Waals surface area contributed by atoms with Crippen LogP contribution in [-0.2, 0) is 37.5 Å². The molecule has 312 valence electrons. The number of ether oxygens (including phenoxy) is 2. The highest BCUT2D eigenvalue weighted by Crippen LogP contribution is 2.43. The van der Waals surface area contributed by atoms with E-state index in [2.05, 4.69) is 47.9 Å². The van der Waals surface area contributed by atoms with E-state index < -0.39 is 51.1 Å². The molecule has 0 bridgehead atoms. The summed E-state index contributed by atoms with van der Waals surface area (Å²) >= 11 is 0. The summed E-state index contributed by atoms with van der Waals surface area (Å²) in [6.07, 6.45) is 35.6. The van der Waals surface area contributed by atoms with Crippen LogP contribution in [-0.4, -0.2) is 71.1 Å². The topological polar surface area (TPSA) is 192 Å². The number of carboxylic acid groups (broad SMARTS) is 1. The second-order valence-corrected chi connectivity index (χ2v) is 15.0. The molecule has 0 aliphatic heterocycles. The van der Waals surface area contributed by atoms with Crippen LogP contribution in [0.25, 0.3) is 0 Å². The average Bonchev–Trinajstić information content (AvgIpc) is 3.14. The van der Waals surface area contributed by atoms with Crippen LogP contribution in [0.5, 0.6) is 0 Å². The largest absolute Gasteiger partial charge is 0.480 e. The number of phosphoric ester groups is 1. The number of carboxylic acids is 1. The van der Waals surface area contributed by atoms with Crippen molar-refractivity contribution in [1.29, 1.82) is 0 Å². The molecule has 4 atom stereocenters. The van der Waals surface area contributed by atoms with Crippen LogP contribution in [0.2, 0.25) is 0 Å². The van der Waals surface area contributed by atoms with Gasteiger partial charge in [-0.2, -0.15) is 0 Å². The molecule has 54 heavy (non-hydrogen) atoms. The number of carbonyl (C=O) groups is 3. The van der Waals surface area contributed by atoms with Gasteiger partial charge in [0.2, 0.25) is 0 Å². The van der Waals surface area contributed by atoms with Crippen LogP contribution in [0.1, 0.15) is 155 Å². The van der Waals surface area contributed by atoms with Crippen LogP contribution >= 0.6 is 7.82 Å². The van der Waals surface area contributed by atoms with E-state index in [0.717, 1.165) is 57.8 Å². The Morgan fingerprint density at radius 3 is 1.67 bits per heavy atom. The van der Waals surface area contributed by atoms with Gasteiger partial charge in [-0.1, -0.05) is 133 Å². The molecule has 12 nitrogen and oxygen atoms in total. The zero-order chi connectivity index (χ0) is 40.1. The molecule has 0 saturated carbocycles. The number of hydrogen-bond acceptors (Lipinski definition) is 10. The highest BCUT2D eigenvalue weighted by molar-refractivity contribution is 7.47. The molecule has 0 aliphatic carbocycles. The number of aliphatic hydroxyl groups excluding tert-OH is 1. The highest BCUT2D eigenvalue weighted by Gasteiger charge is 2.28. The standard InChI is InChI=1S/C41H72NO11P/c1-3-5-6-7-8-9-10-16-20-23-26-29-32-40(45)53-37(34-51-54(48,49)52-35-38(42)41(46)47)33-50-39(44)31-28-25-22-19-17-14-12-11-13-15-18-21-24-27-30-36(43)4-2/h12-15,19,21-22,24,36-38,43H,3-11,16-18,20,23,25-35,42H2,1-2H3,(H,46,47)(H,48,49)/b14-12-,15-13-,22-19-,24-21-/t36-,37+,38-/m0/s1. The Morgan fingerprint density at radius 1 is 0.648 bits per heavy atom. The van der Waals surface area contributed by atoms with Crippen molar-refractivity contribution >= 4 is 25.7 Å².